The van der Waals surface area contributed by atoms with Gasteiger partial charge in [-0.2, -0.15) is 8.78 Å². The van der Waals surface area contributed by atoms with Gasteiger partial charge < -0.3 is 14.4 Å². The maximum absolute atomic E-state index is 12.8. The second-order valence-corrected chi connectivity index (χ2v) is 11.2. The molecule has 0 fully saturated rings. The molecule has 1 aliphatic rings. The second-order valence-electron chi connectivity index (χ2n) is 9.51. The van der Waals surface area contributed by atoms with Crippen molar-refractivity contribution in [2.24, 2.45) is 0 Å². The Balaban J connectivity index is 1.71. The van der Waals surface area contributed by atoms with Crippen molar-refractivity contribution in [3.8, 4) is 5.75 Å². The molecular weight excluding hydrogens is 478 g/mol. The molecule has 1 amide bonds. The van der Waals surface area contributed by atoms with E-state index in [-0.39, 0.29) is 22.8 Å². The van der Waals surface area contributed by atoms with E-state index in [0.717, 1.165) is 24.0 Å². The lowest BCUT2D eigenvalue weighted by Gasteiger charge is -2.36. The van der Waals surface area contributed by atoms with Gasteiger partial charge in [-0.15, -0.1) is 0 Å². The number of hydrogen-bond donors (Lipinski definition) is 1. The number of aryl methyl sites for hydroxylation is 1. The van der Waals surface area contributed by atoms with Crippen LogP contribution in [0.1, 0.15) is 51.7 Å². The van der Waals surface area contributed by atoms with E-state index in [1.807, 2.05) is 33.8 Å². The molecule has 0 saturated heterocycles. The molecule has 0 saturated carbocycles. The number of anilines is 1. The van der Waals surface area contributed by atoms with Gasteiger partial charge >= 0.3 is 12.7 Å². The van der Waals surface area contributed by atoms with Crippen LogP contribution >= 0.6 is 0 Å². The summed E-state index contributed by atoms with van der Waals surface area (Å²) in [5, 5.41) is 0. The number of nitrogens with zero attached hydrogens (tertiary/aromatic N) is 1. The van der Waals surface area contributed by atoms with Crippen molar-refractivity contribution in [1.82, 2.24) is 4.90 Å². The summed E-state index contributed by atoms with van der Waals surface area (Å²) < 4.78 is 62.5. The number of halogens is 2. The average Bonchev–Trinajstić information content (AvgIpc) is 2.75. The maximum atomic E-state index is 12.8. The van der Waals surface area contributed by atoms with Gasteiger partial charge in [-0.05, 0) is 94.0 Å². The summed E-state index contributed by atoms with van der Waals surface area (Å²) in [4.78, 5) is 14.5. The predicted molar refractivity (Wildman–Crippen MR) is 129 cm³/mol. The van der Waals surface area contributed by atoms with Gasteiger partial charge in [0.15, 0.2) is 0 Å². The van der Waals surface area contributed by atoms with Crippen LogP contribution in [-0.2, 0) is 27.6 Å². The Hall–Kier alpha value is -2.88. The van der Waals surface area contributed by atoms with Crippen molar-refractivity contribution < 1.29 is 31.5 Å². The number of hydrogen-bond acceptors (Lipinski definition) is 5. The highest BCUT2D eigenvalue weighted by molar-refractivity contribution is 7.92. The van der Waals surface area contributed by atoms with Crippen LogP contribution < -0.4 is 9.46 Å². The molecule has 7 nitrogen and oxygen atoms in total. The Bertz CT molecular complexity index is 1130. The smallest absolute Gasteiger partial charge is 0.410 e. The van der Waals surface area contributed by atoms with Crippen molar-refractivity contribution in [2.75, 3.05) is 11.3 Å². The average molecular weight is 511 g/mol. The van der Waals surface area contributed by atoms with Crippen LogP contribution in [0.4, 0.5) is 19.3 Å². The number of sulfonamides is 1. The minimum Gasteiger partial charge on any atom is -0.444 e. The lowest BCUT2D eigenvalue weighted by molar-refractivity contribution is -0.0498. The van der Waals surface area contributed by atoms with E-state index in [4.69, 9.17) is 4.74 Å². The molecule has 0 heterocycles. The van der Waals surface area contributed by atoms with Crippen molar-refractivity contribution in [3.05, 3.63) is 53.6 Å². The van der Waals surface area contributed by atoms with Crippen molar-refractivity contribution in [1.29, 1.82) is 0 Å². The molecule has 0 spiro atoms. The number of nitrogens with one attached hydrogen (secondary N) is 1. The van der Waals surface area contributed by atoms with Gasteiger partial charge in [0.2, 0.25) is 0 Å². The summed E-state index contributed by atoms with van der Waals surface area (Å²) in [5.74, 6) is -0.120. The largest absolute Gasteiger partial charge is 0.444 e. The number of amides is 1. The molecular formula is C25H32F2N2O5S. The molecule has 0 radical (unpaired) electrons. The Morgan fingerprint density at radius 2 is 1.83 bits per heavy atom. The number of alkyl halides is 2. The lowest BCUT2D eigenvalue weighted by Crippen LogP contribution is -2.46. The first-order valence-corrected chi connectivity index (χ1v) is 13.1. The SMILES string of the molecule is CCCN(C(=O)OC(C)(C)C)[C@H]1CCc2cc(NS(=O)(=O)c3ccc(OC(F)F)cc3)ccc2C1. The van der Waals surface area contributed by atoms with Crippen molar-refractivity contribution in [3.63, 3.8) is 0 Å². The molecule has 0 aliphatic heterocycles. The number of ether oxygens (including phenoxy) is 2. The summed E-state index contributed by atoms with van der Waals surface area (Å²) in [5.41, 5.74) is 1.91. The highest BCUT2D eigenvalue weighted by atomic mass is 32.2. The monoisotopic (exact) mass is 510 g/mol. The third kappa shape index (κ3) is 7.30. The molecule has 3 rings (SSSR count). The van der Waals surface area contributed by atoms with E-state index < -0.39 is 22.2 Å². The van der Waals surface area contributed by atoms with Crippen LogP contribution in [-0.4, -0.2) is 44.2 Å². The first-order chi connectivity index (χ1) is 16.4. The van der Waals surface area contributed by atoms with E-state index in [1.165, 1.54) is 24.3 Å². The minimum atomic E-state index is -3.91. The number of carbonyl (C=O) groups is 1. The standard InChI is InChI=1S/C25H32F2N2O5S/c1-5-14-29(24(30)34-25(2,3)4)20-9-7-17-15-19(8-6-18(17)16-20)28-35(31,32)22-12-10-21(11-13-22)33-23(26)27/h6,8,10-13,15,20,23,28H,5,7,9,14,16H2,1-4H3/t20-/m0/s1. The summed E-state index contributed by atoms with van der Waals surface area (Å²) in [7, 11) is -3.91. The number of fused-ring (bicyclic) bond motifs is 1. The summed E-state index contributed by atoms with van der Waals surface area (Å²) in [6.45, 7) is 5.18. The molecule has 2 aromatic rings. The van der Waals surface area contributed by atoms with E-state index in [2.05, 4.69) is 9.46 Å². The normalized spacial score (nSPS) is 15.9. The van der Waals surface area contributed by atoms with Gasteiger partial charge in [-0.1, -0.05) is 13.0 Å². The van der Waals surface area contributed by atoms with Crippen LogP contribution in [0.5, 0.6) is 5.75 Å². The molecule has 1 aliphatic carbocycles. The van der Waals surface area contributed by atoms with Gasteiger partial charge in [-0.3, -0.25) is 4.72 Å². The fourth-order valence-electron chi connectivity index (χ4n) is 4.06. The maximum Gasteiger partial charge on any atom is 0.410 e. The molecule has 0 unspecified atom stereocenters. The minimum absolute atomic E-state index is 0.00816. The molecule has 35 heavy (non-hydrogen) atoms. The lowest BCUT2D eigenvalue weighted by atomic mass is 9.87. The molecule has 10 heteroatoms. The third-order valence-corrected chi connectivity index (χ3v) is 6.95. The molecule has 0 aromatic heterocycles. The Morgan fingerprint density at radius 3 is 2.43 bits per heavy atom. The van der Waals surface area contributed by atoms with Gasteiger partial charge in [0, 0.05) is 18.3 Å². The summed E-state index contributed by atoms with van der Waals surface area (Å²) >= 11 is 0. The van der Waals surface area contributed by atoms with E-state index >= 15 is 0 Å². The predicted octanol–water partition coefficient (Wildman–Crippen LogP) is 5.59. The summed E-state index contributed by atoms with van der Waals surface area (Å²) in [6.07, 6.45) is 2.60. The topological polar surface area (TPSA) is 84.9 Å². The second kappa shape index (κ2) is 10.8. The molecule has 192 valence electrons. The quantitative estimate of drug-likeness (QED) is 0.500. The Labute approximate surface area is 205 Å². The molecule has 1 atom stereocenters. The van der Waals surface area contributed by atoms with Crippen LogP contribution in [0, 0.1) is 0 Å². The zero-order chi connectivity index (χ0) is 25.8. The fraction of sp³-hybridized carbons (Fsp3) is 0.480. The zero-order valence-electron chi connectivity index (χ0n) is 20.4. The Kier molecular flexibility index (Phi) is 8.25. The van der Waals surface area contributed by atoms with Crippen LogP contribution in [0.15, 0.2) is 47.4 Å². The molecule has 1 N–H and O–H groups in total. The van der Waals surface area contributed by atoms with E-state index in [9.17, 15) is 22.0 Å². The van der Waals surface area contributed by atoms with E-state index in [1.54, 1.807) is 17.0 Å². The van der Waals surface area contributed by atoms with Crippen molar-refractivity contribution >= 4 is 21.8 Å². The number of benzene rings is 2. The molecule has 2 aromatic carbocycles. The van der Waals surface area contributed by atoms with Gasteiger partial charge in [0.25, 0.3) is 10.0 Å². The van der Waals surface area contributed by atoms with Crippen LogP contribution in [0.25, 0.3) is 0 Å². The zero-order valence-corrected chi connectivity index (χ0v) is 21.2. The highest BCUT2D eigenvalue weighted by Gasteiger charge is 2.30. The van der Waals surface area contributed by atoms with Crippen LogP contribution in [0.2, 0.25) is 0 Å². The van der Waals surface area contributed by atoms with Gasteiger partial charge in [0.05, 0.1) is 4.90 Å². The highest BCUT2D eigenvalue weighted by Crippen LogP contribution is 2.29. The molecule has 0 bridgehead atoms. The van der Waals surface area contributed by atoms with Crippen molar-refractivity contribution in [2.45, 2.75) is 76.5 Å². The van der Waals surface area contributed by atoms with E-state index in [0.29, 0.717) is 25.1 Å². The number of rotatable bonds is 8. The Morgan fingerprint density at radius 1 is 1.14 bits per heavy atom. The van der Waals surface area contributed by atoms with Gasteiger partial charge in [-0.25, -0.2) is 13.2 Å². The first kappa shape index (κ1) is 26.7. The summed E-state index contributed by atoms with van der Waals surface area (Å²) in [6, 6.07) is 10.1. The van der Waals surface area contributed by atoms with Crippen LogP contribution in [0.3, 0.4) is 0 Å². The number of carbonyl (C=O) groups excluding carboxylic acids is 1. The first-order valence-electron chi connectivity index (χ1n) is 11.6. The fourth-order valence-corrected chi connectivity index (χ4v) is 5.11. The third-order valence-electron chi connectivity index (χ3n) is 5.55. The van der Waals surface area contributed by atoms with Gasteiger partial charge in [0.1, 0.15) is 11.4 Å².